The van der Waals surface area contributed by atoms with Crippen LogP contribution in [-0.4, -0.2) is 34.4 Å². The van der Waals surface area contributed by atoms with E-state index in [9.17, 15) is 15.0 Å². The molecule has 0 saturated carbocycles. The first kappa shape index (κ1) is 12.1. The molecule has 84 valence electrons. The number of aliphatic hydroxyl groups is 2. The molecule has 0 amide bonds. The number of methoxy groups -OCH3 is 1. The minimum atomic E-state index is -1.76. The molecule has 0 aromatic carbocycles. The van der Waals surface area contributed by atoms with Crippen molar-refractivity contribution in [3.05, 3.63) is 29.6 Å². The lowest BCUT2D eigenvalue weighted by Gasteiger charge is -2.15. The summed E-state index contributed by atoms with van der Waals surface area (Å²) in [4.78, 5) is 14.7. The van der Waals surface area contributed by atoms with Crippen LogP contribution in [0.4, 0.5) is 0 Å². The Kier molecular flexibility index (Phi) is 3.94. The molecule has 1 aromatic heterocycles. The van der Waals surface area contributed by atoms with E-state index in [-0.39, 0.29) is 11.3 Å². The van der Waals surface area contributed by atoms with E-state index in [0.717, 1.165) is 7.11 Å². The van der Waals surface area contributed by atoms with Crippen molar-refractivity contribution >= 4 is 5.97 Å². The van der Waals surface area contributed by atoms with Crippen molar-refractivity contribution in [3.63, 3.8) is 0 Å². The van der Waals surface area contributed by atoms with Crippen molar-refractivity contribution in [1.29, 1.82) is 5.26 Å². The number of esters is 1. The van der Waals surface area contributed by atoms with Crippen molar-refractivity contribution in [2.24, 2.45) is 0 Å². The lowest BCUT2D eigenvalue weighted by molar-refractivity contribution is -0.157. The molecule has 0 aliphatic rings. The smallest absolute Gasteiger partial charge is 0.337 e. The van der Waals surface area contributed by atoms with Gasteiger partial charge in [0.1, 0.15) is 12.2 Å². The zero-order valence-corrected chi connectivity index (χ0v) is 8.49. The second-order valence-electron chi connectivity index (χ2n) is 2.96. The Morgan fingerprint density at radius 1 is 1.62 bits per heavy atom. The van der Waals surface area contributed by atoms with Crippen LogP contribution in [0.25, 0.3) is 0 Å². The first-order valence-corrected chi connectivity index (χ1v) is 4.40. The Morgan fingerprint density at radius 2 is 2.31 bits per heavy atom. The standard InChI is InChI=1S/C10H10N2O4/c1-16-10(15)9(14)8(13)7-6(5-11)3-2-4-12-7/h2-4,8-9,13-14H,1H3. The van der Waals surface area contributed by atoms with Crippen LogP contribution in [0.15, 0.2) is 18.3 Å². The second kappa shape index (κ2) is 5.21. The van der Waals surface area contributed by atoms with Gasteiger partial charge in [-0.05, 0) is 12.1 Å². The Morgan fingerprint density at radius 3 is 2.88 bits per heavy atom. The second-order valence-corrected chi connectivity index (χ2v) is 2.96. The van der Waals surface area contributed by atoms with E-state index in [1.54, 1.807) is 6.07 Å². The van der Waals surface area contributed by atoms with E-state index in [0.29, 0.717) is 0 Å². The van der Waals surface area contributed by atoms with Gasteiger partial charge in [-0.1, -0.05) is 0 Å². The van der Waals surface area contributed by atoms with E-state index in [1.807, 2.05) is 0 Å². The van der Waals surface area contributed by atoms with Crippen molar-refractivity contribution in [3.8, 4) is 6.07 Å². The van der Waals surface area contributed by atoms with Gasteiger partial charge in [0.2, 0.25) is 0 Å². The summed E-state index contributed by atoms with van der Waals surface area (Å²) in [6, 6.07) is 4.74. The van der Waals surface area contributed by atoms with E-state index < -0.39 is 18.2 Å². The average Bonchev–Trinajstić information content (AvgIpc) is 2.35. The Bertz CT molecular complexity index is 427. The predicted molar refractivity (Wildman–Crippen MR) is 51.9 cm³/mol. The molecule has 0 aliphatic carbocycles. The molecule has 1 heterocycles. The molecule has 6 nitrogen and oxygen atoms in total. The summed E-state index contributed by atoms with van der Waals surface area (Å²) in [6.07, 6.45) is -1.99. The minimum Gasteiger partial charge on any atom is -0.467 e. The average molecular weight is 222 g/mol. The maximum absolute atomic E-state index is 11.0. The highest BCUT2D eigenvalue weighted by Gasteiger charge is 2.29. The number of aromatic nitrogens is 1. The van der Waals surface area contributed by atoms with Crippen molar-refractivity contribution < 1.29 is 19.7 Å². The fraction of sp³-hybridized carbons (Fsp3) is 0.300. The monoisotopic (exact) mass is 222 g/mol. The van der Waals surface area contributed by atoms with Crippen LogP contribution >= 0.6 is 0 Å². The summed E-state index contributed by atoms with van der Waals surface area (Å²) in [5.41, 5.74) is 0.0425. The zero-order chi connectivity index (χ0) is 12.1. The number of ether oxygens (including phenoxy) is 1. The molecule has 0 radical (unpaired) electrons. The normalized spacial score (nSPS) is 13.6. The Balaban J connectivity index is 3.01. The zero-order valence-electron chi connectivity index (χ0n) is 8.49. The third kappa shape index (κ3) is 2.34. The molecular weight excluding hydrogens is 212 g/mol. The number of carbonyl (C=O) groups is 1. The van der Waals surface area contributed by atoms with Gasteiger partial charge in [-0.2, -0.15) is 5.26 Å². The van der Waals surface area contributed by atoms with Crippen LogP contribution in [-0.2, 0) is 9.53 Å². The molecule has 1 rings (SSSR count). The predicted octanol–water partition coefficient (Wildman–Crippen LogP) is -0.479. The molecule has 1 aromatic rings. The number of carbonyl (C=O) groups excluding carboxylic acids is 1. The van der Waals surface area contributed by atoms with Crippen molar-refractivity contribution in [1.82, 2.24) is 4.98 Å². The van der Waals surface area contributed by atoms with Crippen molar-refractivity contribution in [2.75, 3.05) is 7.11 Å². The highest BCUT2D eigenvalue weighted by atomic mass is 16.5. The molecule has 2 atom stereocenters. The number of rotatable bonds is 3. The van der Waals surface area contributed by atoms with Gasteiger partial charge >= 0.3 is 5.97 Å². The first-order valence-electron chi connectivity index (χ1n) is 4.40. The van der Waals surface area contributed by atoms with E-state index in [2.05, 4.69) is 9.72 Å². The molecule has 0 spiro atoms. The fourth-order valence-corrected chi connectivity index (χ4v) is 1.15. The third-order valence-corrected chi connectivity index (χ3v) is 1.98. The van der Waals surface area contributed by atoms with Gasteiger partial charge in [0.05, 0.1) is 18.4 Å². The number of hydrogen-bond donors (Lipinski definition) is 2. The summed E-state index contributed by atoms with van der Waals surface area (Å²) in [7, 11) is 1.09. The SMILES string of the molecule is COC(=O)C(O)C(O)c1ncccc1C#N. The largest absolute Gasteiger partial charge is 0.467 e. The molecule has 0 saturated heterocycles. The molecule has 16 heavy (non-hydrogen) atoms. The van der Waals surface area contributed by atoms with Gasteiger partial charge in [0.25, 0.3) is 0 Å². The fourth-order valence-electron chi connectivity index (χ4n) is 1.15. The highest BCUT2D eigenvalue weighted by Crippen LogP contribution is 2.18. The summed E-state index contributed by atoms with van der Waals surface area (Å²) in [5.74, 6) is -0.984. The Hall–Kier alpha value is -1.97. The molecular formula is C10H10N2O4. The van der Waals surface area contributed by atoms with Crippen LogP contribution in [0.5, 0.6) is 0 Å². The number of pyridine rings is 1. The summed E-state index contributed by atoms with van der Waals surface area (Å²) >= 11 is 0. The first-order chi connectivity index (χ1) is 7.61. The van der Waals surface area contributed by atoms with Crippen LogP contribution in [0.1, 0.15) is 17.4 Å². The van der Waals surface area contributed by atoms with Gasteiger partial charge in [0.15, 0.2) is 6.10 Å². The maximum atomic E-state index is 11.0. The van der Waals surface area contributed by atoms with Crippen LogP contribution < -0.4 is 0 Å². The lowest BCUT2D eigenvalue weighted by Crippen LogP contribution is -2.30. The summed E-state index contributed by atoms with van der Waals surface area (Å²) < 4.78 is 4.27. The molecule has 2 N–H and O–H groups in total. The van der Waals surface area contributed by atoms with Crippen molar-refractivity contribution in [2.45, 2.75) is 12.2 Å². The van der Waals surface area contributed by atoms with Gasteiger partial charge < -0.3 is 14.9 Å². The topological polar surface area (TPSA) is 103 Å². The third-order valence-electron chi connectivity index (χ3n) is 1.98. The number of nitrogens with zero attached hydrogens (tertiary/aromatic N) is 2. The molecule has 6 heteroatoms. The lowest BCUT2D eigenvalue weighted by atomic mass is 10.1. The highest BCUT2D eigenvalue weighted by molar-refractivity contribution is 5.75. The number of hydrogen-bond acceptors (Lipinski definition) is 6. The van der Waals surface area contributed by atoms with Crippen LogP contribution in [0.2, 0.25) is 0 Å². The van der Waals surface area contributed by atoms with Gasteiger partial charge in [0, 0.05) is 6.20 Å². The van der Waals surface area contributed by atoms with Gasteiger partial charge in [-0.15, -0.1) is 0 Å². The van der Waals surface area contributed by atoms with E-state index in [4.69, 9.17) is 5.26 Å². The number of aliphatic hydroxyl groups excluding tert-OH is 2. The van der Waals surface area contributed by atoms with Gasteiger partial charge in [-0.25, -0.2) is 4.79 Å². The van der Waals surface area contributed by atoms with E-state index in [1.165, 1.54) is 18.3 Å². The Labute approximate surface area is 91.7 Å². The quantitative estimate of drug-likeness (QED) is 0.669. The summed E-state index contributed by atoms with van der Waals surface area (Å²) in [6.45, 7) is 0. The van der Waals surface area contributed by atoms with Gasteiger partial charge in [-0.3, -0.25) is 4.98 Å². The molecule has 0 bridgehead atoms. The van der Waals surface area contributed by atoms with Crippen LogP contribution in [0.3, 0.4) is 0 Å². The number of nitriles is 1. The summed E-state index contributed by atoms with van der Waals surface area (Å²) in [5, 5.41) is 27.8. The molecule has 2 unspecified atom stereocenters. The van der Waals surface area contributed by atoms with E-state index >= 15 is 0 Å². The maximum Gasteiger partial charge on any atom is 0.337 e. The minimum absolute atomic E-state index is 0.0529. The molecule has 0 aliphatic heterocycles. The van der Waals surface area contributed by atoms with Crippen LogP contribution in [0, 0.1) is 11.3 Å². The molecule has 0 fully saturated rings.